The van der Waals surface area contributed by atoms with Crippen molar-refractivity contribution in [3.8, 4) is 11.1 Å². The van der Waals surface area contributed by atoms with Crippen LogP contribution in [-0.2, 0) is 0 Å². The Morgan fingerprint density at radius 2 is 1.88 bits per heavy atom. The highest BCUT2D eigenvalue weighted by Crippen LogP contribution is 2.33. The number of fused-ring (bicyclic) bond motifs is 1. The van der Waals surface area contributed by atoms with Gasteiger partial charge in [0.05, 0.1) is 0 Å². The second-order valence-electron chi connectivity index (χ2n) is 6.56. The van der Waals surface area contributed by atoms with E-state index < -0.39 is 0 Å². The number of aromatic amines is 1. The molecule has 5 heteroatoms. The number of hydrogen-bond acceptors (Lipinski definition) is 3. The largest absolute Gasteiger partial charge is 0.344 e. The van der Waals surface area contributed by atoms with E-state index in [1.165, 1.54) is 6.20 Å². The lowest BCUT2D eigenvalue weighted by atomic mass is 9.86. The molecule has 24 heavy (non-hydrogen) atoms. The lowest BCUT2D eigenvalue weighted by Gasteiger charge is -2.17. The van der Waals surface area contributed by atoms with Gasteiger partial charge in [0.25, 0.3) is 5.91 Å². The Hall–Kier alpha value is -2.69. The predicted molar refractivity (Wildman–Crippen MR) is 91.6 cm³/mol. The van der Waals surface area contributed by atoms with E-state index >= 15 is 0 Å². The van der Waals surface area contributed by atoms with Gasteiger partial charge in [-0.05, 0) is 42.4 Å². The summed E-state index contributed by atoms with van der Waals surface area (Å²) in [4.78, 5) is 32.2. The predicted octanol–water partition coefficient (Wildman–Crippen LogP) is 2.48. The number of hydrogen-bond donors (Lipinski definition) is 1. The first kappa shape index (κ1) is 14.9. The van der Waals surface area contributed by atoms with Crippen LogP contribution in [0.3, 0.4) is 0 Å². The standard InChI is InChI=1S/C19H19N3O2/c23-18(22-11-15-4-1-2-5-16(15)12-22)14-7-3-6-13(8-14)17-9-20-19(24)21-10-17/h1-3,6-10,15-16H,4-5,11-12H2,(H,20,21,24)/t15-,16+. The number of rotatable bonds is 2. The number of nitrogens with one attached hydrogen (secondary N) is 1. The first-order valence-corrected chi connectivity index (χ1v) is 8.30. The van der Waals surface area contributed by atoms with Crippen molar-refractivity contribution in [3.63, 3.8) is 0 Å². The highest BCUT2D eigenvalue weighted by molar-refractivity contribution is 5.95. The van der Waals surface area contributed by atoms with Crippen molar-refractivity contribution in [2.45, 2.75) is 12.8 Å². The van der Waals surface area contributed by atoms with Gasteiger partial charge in [-0.3, -0.25) is 4.79 Å². The Morgan fingerprint density at radius 3 is 2.54 bits per heavy atom. The van der Waals surface area contributed by atoms with Crippen molar-refractivity contribution < 1.29 is 4.79 Å². The minimum Gasteiger partial charge on any atom is -0.338 e. The Kier molecular flexibility index (Phi) is 3.76. The topological polar surface area (TPSA) is 66.1 Å². The van der Waals surface area contributed by atoms with Crippen LogP contribution in [0, 0.1) is 11.8 Å². The summed E-state index contributed by atoms with van der Waals surface area (Å²) in [5.41, 5.74) is 1.98. The highest BCUT2D eigenvalue weighted by atomic mass is 16.2. The molecule has 1 N–H and O–H groups in total. The second-order valence-corrected chi connectivity index (χ2v) is 6.56. The molecule has 2 aromatic rings. The van der Waals surface area contributed by atoms with Crippen LogP contribution in [0.2, 0.25) is 0 Å². The van der Waals surface area contributed by atoms with Crippen LogP contribution in [0.25, 0.3) is 11.1 Å². The fraction of sp³-hybridized carbons (Fsp3) is 0.316. The molecular formula is C19H19N3O2. The number of carbonyl (C=O) groups excluding carboxylic acids is 1. The maximum absolute atomic E-state index is 12.9. The van der Waals surface area contributed by atoms with E-state index in [-0.39, 0.29) is 11.6 Å². The van der Waals surface area contributed by atoms with Crippen LogP contribution in [-0.4, -0.2) is 33.9 Å². The molecular weight excluding hydrogens is 302 g/mol. The Bertz CT molecular complexity index is 819. The second kappa shape index (κ2) is 6.07. The summed E-state index contributed by atoms with van der Waals surface area (Å²) >= 11 is 0. The lowest BCUT2D eigenvalue weighted by molar-refractivity contribution is 0.0784. The minimum absolute atomic E-state index is 0.0867. The van der Waals surface area contributed by atoms with Crippen LogP contribution >= 0.6 is 0 Å². The molecule has 1 saturated heterocycles. The van der Waals surface area contributed by atoms with Crippen LogP contribution < -0.4 is 5.69 Å². The molecule has 5 nitrogen and oxygen atoms in total. The molecule has 2 atom stereocenters. The monoisotopic (exact) mass is 321 g/mol. The number of amides is 1. The fourth-order valence-electron chi connectivity index (χ4n) is 3.70. The van der Waals surface area contributed by atoms with Crippen molar-refractivity contribution in [1.82, 2.24) is 14.9 Å². The number of allylic oxidation sites excluding steroid dienone is 2. The van der Waals surface area contributed by atoms with Gasteiger partial charge in [0.1, 0.15) is 0 Å². The first-order valence-electron chi connectivity index (χ1n) is 8.30. The van der Waals surface area contributed by atoms with Gasteiger partial charge in [-0.2, -0.15) is 0 Å². The van der Waals surface area contributed by atoms with Crippen LogP contribution in [0.5, 0.6) is 0 Å². The normalized spacial score (nSPS) is 22.4. The number of carbonyl (C=O) groups is 1. The van der Waals surface area contributed by atoms with Gasteiger partial charge >= 0.3 is 5.69 Å². The van der Waals surface area contributed by atoms with Crippen LogP contribution in [0.15, 0.2) is 53.6 Å². The fourth-order valence-corrected chi connectivity index (χ4v) is 3.70. The van der Waals surface area contributed by atoms with Gasteiger partial charge in [0.15, 0.2) is 0 Å². The molecule has 0 radical (unpaired) electrons. The molecule has 0 saturated carbocycles. The summed E-state index contributed by atoms with van der Waals surface area (Å²) in [5.74, 6) is 1.29. The molecule has 1 aliphatic heterocycles. The van der Waals surface area contributed by atoms with Gasteiger partial charge in [-0.25, -0.2) is 9.78 Å². The van der Waals surface area contributed by atoms with Gasteiger partial charge < -0.3 is 9.88 Å². The Labute approximate surface area is 140 Å². The molecule has 2 aliphatic rings. The van der Waals surface area contributed by atoms with E-state index in [1.807, 2.05) is 29.2 Å². The van der Waals surface area contributed by atoms with E-state index in [0.29, 0.717) is 17.4 Å². The molecule has 1 amide bonds. The summed E-state index contributed by atoms with van der Waals surface area (Å²) in [6, 6.07) is 7.52. The molecule has 0 bridgehead atoms. The number of nitrogens with zero attached hydrogens (tertiary/aromatic N) is 2. The van der Waals surface area contributed by atoms with E-state index in [1.54, 1.807) is 6.20 Å². The van der Waals surface area contributed by atoms with Crippen molar-refractivity contribution in [1.29, 1.82) is 0 Å². The number of benzene rings is 1. The van der Waals surface area contributed by atoms with Crippen molar-refractivity contribution >= 4 is 5.91 Å². The third-order valence-electron chi connectivity index (χ3n) is 5.02. The zero-order valence-electron chi connectivity index (χ0n) is 13.3. The van der Waals surface area contributed by atoms with Gasteiger partial charge in [-0.1, -0.05) is 24.3 Å². The molecule has 0 spiro atoms. The SMILES string of the molecule is O=C(c1cccc(-c2cnc(=O)[nH]c2)c1)N1C[C@H]2CC=CC[C@H]2C1. The molecule has 1 fully saturated rings. The summed E-state index contributed by atoms with van der Waals surface area (Å²) < 4.78 is 0. The quantitative estimate of drug-likeness (QED) is 0.864. The minimum atomic E-state index is -0.376. The molecule has 122 valence electrons. The number of H-pyrrole nitrogens is 1. The molecule has 1 aliphatic carbocycles. The lowest BCUT2D eigenvalue weighted by Crippen LogP contribution is -2.29. The smallest absolute Gasteiger partial charge is 0.338 e. The van der Waals surface area contributed by atoms with Gasteiger partial charge in [0.2, 0.25) is 0 Å². The van der Waals surface area contributed by atoms with Crippen molar-refractivity contribution in [2.75, 3.05) is 13.1 Å². The Morgan fingerprint density at radius 1 is 1.12 bits per heavy atom. The average Bonchev–Trinajstić information content (AvgIpc) is 3.06. The number of likely N-dealkylation sites (tertiary alicyclic amines) is 1. The van der Waals surface area contributed by atoms with Crippen LogP contribution in [0.1, 0.15) is 23.2 Å². The summed E-state index contributed by atoms with van der Waals surface area (Å²) in [7, 11) is 0. The molecule has 1 aromatic carbocycles. The molecule has 2 heterocycles. The maximum atomic E-state index is 12.9. The zero-order chi connectivity index (χ0) is 16.5. The molecule has 1 aromatic heterocycles. The van der Waals surface area contributed by atoms with Crippen LogP contribution in [0.4, 0.5) is 0 Å². The zero-order valence-corrected chi connectivity index (χ0v) is 13.3. The Balaban J connectivity index is 1.56. The van der Waals surface area contributed by atoms with E-state index in [2.05, 4.69) is 22.1 Å². The van der Waals surface area contributed by atoms with E-state index in [9.17, 15) is 9.59 Å². The molecule has 0 unspecified atom stereocenters. The number of aromatic nitrogens is 2. The summed E-state index contributed by atoms with van der Waals surface area (Å²) in [5, 5.41) is 0. The van der Waals surface area contributed by atoms with Crippen molar-refractivity contribution in [2.24, 2.45) is 11.8 Å². The van der Waals surface area contributed by atoms with Gasteiger partial charge in [0, 0.05) is 36.6 Å². The van der Waals surface area contributed by atoms with Crippen molar-refractivity contribution in [3.05, 3.63) is 64.9 Å². The summed E-state index contributed by atoms with van der Waals surface area (Å²) in [6.07, 6.45) is 9.78. The van der Waals surface area contributed by atoms with E-state index in [0.717, 1.165) is 37.1 Å². The summed E-state index contributed by atoms with van der Waals surface area (Å²) in [6.45, 7) is 1.69. The van der Waals surface area contributed by atoms with E-state index in [4.69, 9.17) is 0 Å². The highest BCUT2D eigenvalue weighted by Gasteiger charge is 2.35. The third kappa shape index (κ3) is 2.77. The average molecular weight is 321 g/mol. The third-order valence-corrected chi connectivity index (χ3v) is 5.02. The first-order chi connectivity index (χ1) is 11.7. The van der Waals surface area contributed by atoms with Gasteiger partial charge in [-0.15, -0.1) is 0 Å². The maximum Gasteiger partial charge on any atom is 0.344 e. The molecule has 4 rings (SSSR count).